The number of benzene rings is 3. The Bertz CT molecular complexity index is 1350. The first-order valence-electron chi connectivity index (χ1n) is 11.5. The number of Topliss-reactive ketones (excluding diaryl/α,β-unsaturated/α-hetero) is 1. The number of hydrogen-bond donors (Lipinski definition) is 1. The molecule has 1 atom stereocenters. The molecule has 1 heterocycles. The van der Waals surface area contributed by atoms with Crippen molar-refractivity contribution in [2.75, 3.05) is 37.6 Å². The van der Waals surface area contributed by atoms with Crippen molar-refractivity contribution in [3.8, 4) is 11.5 Å². The van der Waals surface area contributed by atoms with Gasteiger partial charge in [-0.25, -0.2) is 0 Å². The molecule has 0 spiro atoms. The number of nitrogens with zero attached hydrogens (tertiary/aromatic N) is 2. The second-order valence-electron chi connectivity index (χ2n) is 8.56. The molecule has 192 valence electrons. The Kier molecular flexibility index (Phi) is 7.66. The molecule has 0 aliphatic carbocycles. The highest BCUT2D eigenvalue weighted by Crippen LogP contribution is 2.44. The number of amides is 1. The first kappa shape index (κ1) is 26.4. The lowest BCUT2D eigenvalue weighted by molar-refractivity contribution is -0.132. The Morgan fingerprint density at radius 2 is 1.59 bits per heavy atom. The molecule has 3 aromatic carbocycles. The number of carbonyl (C=O) groups is 2. The number of aliphatic hydroxyl groups is 1. The van der Waals surface area contributed by atoms with Gasteiger partial charge in [0, 0.05) is 31.0 Å². The average Bonchev–Trinajstić information content (AvgIpc) is 3.14. The zero-order chi connectivity index (χ0) is 26.9. The number of methoxy groups -OCH3 is 1. The number of anilines is 2. The Labute approximate surface area is 225 Å². The minimum absolute atomic E-state index is 0.0752. The minimum atomic E-state index is -0.895. The standard InChI is InChI=1S/C28H26Cl2N2O5/c1-5-37-20-12-10-19(11-13-20)32-24(16-6-8-18(9-7-16)31(2)3)23(26(34)28(32)35)25(33)17-14-21(29)27(36-4)22(30)15-17/h6-15,24,33H,5H2,1-4H3/b25-23+. The molecule has 1 aliphatic heterocycles. The van der Waals surface area contributed by atoms with Crippen LogP contribution in [0.2, 0.25) is 10.0 Å². The largest absolute Gasteiger partial charge is 0.507 e. The van der Waals surface area contributed by atoms with Gasteiger partial charge in [-0.15, -0.1) is 0 Å². The fourth-order valence-electron chi connectivity index (χ4n) is 4.29. The maximum Gasteiger partial charge on any atom is 0.300 e. The van der Waals surface area contributed by atoms with Crippen LogP contribution in [0.15, 0.2) is 66.2 Å². The summed E-state index contributed by atoms with van der Waals surface area (Å²) in [7, 11) is 5.25. The van der Waals surface area contributed by atoms with Gasteiger partial charge in [0.1, 0.15) is 11.5 Å². The molecule has 1 amide bonds. The summed E-state index contributed by atoms with van der Waals surface area (Å²) >= 11 is 12.6. The predicted octanol–water partition coefficient (Wildman–Crippen LogP) is 6.09. The molecule has 1 N–H and O–H groups in total. The van der Waals surface area contributed by atoms with Crippen LogP contribution < -0.4 is 19.3 Å². The Morgan fingerprint density at radius 3 is 2.11 bits per heavy atom. The predicted molar refractivity (Wildman–Crippen MR) is 146 cm³/mol. The number of ketones is 1. The number of halogens is 2. The van der Waals surface area contributed by atoms with Crippen LogP contribution in [0.5, 0.6) is 11.5 Å². The van der Waals surface area contributed by atoms with Crippen molar-refractivity contribution in [1.82, 2.24) is 0 Å². The molecule has 0 aromatic heterocycles. The molecule has 3 aromatic rings. The normalized spacial score (nSPS) is 16.7. The summed E-state index contributed by atoms with van der Waals surface area (Å²) in [6, 6.07) is 16.3. The van der Waals surface area contributed by atoms with Crippen LogP contribution in [-0.4, -0.2) is 44.6 Å². The highest BCUT2D eigenvalue weighted by Gasteiger charge is 2.47. The SMILES string of the molecule is CCOc1ccc(N2C(=O)C(=O)/C(=C(/O)c3cc(Cl)c(OC)c(Cl)c3)C2c2ccc(N(C)C)cc2)cc1. The van der Waals surface area contributed by atoms with E-state index in [2.05, 4.69) is 0 Å². The molecule has 37 heavy (non-hydrogen) atoms. The first-order valence-corrected chi connectivity index (χ1v) is 12.3. The lowest BCUT2D eigenvalue weighted by Gasteiger charge is -2.26. The van der Waals surface area contributed by atoms with Crippen molar-refractivity contribution >= 4 is 52.0 Å². The summed E-state index contributed by atoms with van der Waals surface area (Å²) < 4.78 is 10.7. The van der Waals surface area contributed by atoms with Gasteiger partial charge in [0.25, 0.3) is 11.7 Å². The number of rotatable bonds is 7. The molecule has 1 saturated heterocycles. The van der Waals surface area contributed by atoms with Gasteiger partial charge in [-0.1, -0.05) is 35.3 Å². The van der Waals surface area contributed by atoms with E-state index < -0.39 is 17.7 Å². The quantitative estimate of drug-likeness (QED) is 0.222. The second kappa shape index (κ2) is 10.7. The highest BCUT2D eigenvalue weighted by molar-refractivity contribution is 6.51. The number of aliphatic hydroxyl groups excluding tert-OH is 1. The Hall–Kier alpha value is -3.68. The van der Waals surface area contributed by atoms with E-state index in [1.54, 1.807) is 24.3 Å². The van der Waals surface area contributed by atoms with Gasteiger partial charge < -0.3 is 19.5 Å². The topological polar surface area (TPSA) is 79.3 Å². The maximum atomic E-state index is 13.4. The molecular formula is C28H26Cl2N2O5. The Balaban J connectivity index is 1.91. The van der Waals surface area contributed by atoms with Crippen molar-refractivity contribution in [3.05, 3.63) is 87.4 Å². The molecule has 0 saturated carbocycles. The van der Waals surface area contributed by atoms with Crippen molar-refractivity contribution in [1.29, 1.82) is 0 Å². The number of carbonyl (C=O) groups excluding carboxylic acids is 2. The van der Waals surface area contributed by atoms with Crippen molar-refractivity contribution in [2.45, 2.75) is 13.0 Å². The fraction of sp³-hybridized carbons (Fsp3) is 0.214. The zero-order valence-corrected chi connectivity index (χ0v) is 22.3. The van der Waals surface area contributed by atoms with Crippen LogP contribution >= 0.6 is 23.2 Å². The molecule has 1 unspecified atom stereocenters. The van der Waals surface area contributed by atoms with E-state index in [1.165, 1.54) is 24.1 Å². The lowest BCUT2D eigenvalue weighted by atomic mass is 9.94. The van der Waals surface area contributed by atoms with E-state index in [-0.39, 0.29) is 32.7 Å². The van der Waals surface area contributed by atoms with E-state index in [0.29, 0.717) is 23.6 Å². The fourth-order valence-corrected chi connectivity index (χ4v) is 4.93. The van der Waals surface area contributed by atoms with Gasteiger partial charge in [-0.05, 0) is 61.0 Å². The van der Waals surface area contributed by atoms with Crippen LogP contribution in [-0.2, 0) is 9.59 Å². The van der Waals surface area contributed by atoms with Crippen molar-refractivity contribution in [3.63, 3.8) is 0 Å². The van der Waals surface area contributed by atoms with Crippen LogP contribution in [0.25, 0.3) is 5.76 Å². The monoisotopic (exact) mass is 540 g/mol. The summed E-state index contributed by atoms with van der Waals surface area (Å²) in [5.74, 6) is -1.10. The van der Waals surface area contributed by atoms with Gasteiger partial charge in [0.2, 0.25) is 0 Å². The van der Waals surface area contributed by atoms with E-state index >= 15 is 0 Å². The van der Waals surface area contributed by atoms with Crippen LogP contribution in [0.3, 0.4) is 0 Å². The summed E-state index contributed by atoms with van der Waals surface area (Å²) in [4.78, 5) is 30.1. The Morgan fingerprint density at radius 1 is 1.00 bits per heavy atom. The van der Waals surface area contributed by atoms with Gasteiger partial charge >= 0.3 is 0 Å². The maximum absolute atomic E-state index is 13.4. The van der Waals surface area contributed by atoms with E-state index in [0.717, 1.165) is 5.69 Å². The van der Waals surface area contributed by atoms with Crippen LogP contribution in [0.1, 0.15) is 24.1 Å². The molecule has 1 aliphatic rings. The third-order valence-corrected chi connectivity index (χ3v) is 6.63. The van der Waals surface area contributed by atoms with Gasteiger partial charge in [0.05, 0.1) is 35.4 Å². The summed E-state index contributed by atoms with van der Waals surface area (Å²) in [5, 5.41) is 11.7. The molecule has 0 radical (unpaired) electrons. The van der Waals surface area contributed by atoms with E-state index in [1.807, 2.05) is 50.2 Å². The molecular weight excluding hydrogens is 515 g/mol. The highest BCUT2D eigenvalue weighted by atomic mass is 35.5. The molecule has 1 fully saturated rings. The second-order valence-corrected chi connectivity index (χ2v) is 9.37. The van der Waals surface area contributed by atoms with Gasteiger partial charge in [-0.2, -0.15) is 0 Å². The van der Waals surface area contributed by atoms with Crippen molar-refractivity contribution in [2.24, 2.45) is 0 Å². The molecule has 4 rings (SSSR count). The number of hydrogen-bond acceptors (Lipinski definition) is 6. The first-order chi connectivity index (χ1) is 17.7. The number of ether oxygens (including phenoxy) is 2. The summed E-state index contributed by atoms with van der Waals surface area (Å²) in [5.41, 5.74) is 2.18. The molecule has 9 heteroatoms. The summed E-state index contributed by atoms with van der Waals surface area (Å²) in [6.07, 6.45) is 0. The third-order valence-electron chi connectivity index (χ3n) is 6.07. The van der Waals surface area contributed by atoms with E-state index in [9.17, 15) is 14.7 Å². The smallest absolute Gasteiger partial charge is 0.300 e. The zero-order valence-electron chi connectivity index (χ0n) is 20.8. The van der Waals surface area contributed by atoms with Crippen LogP contribution in [0.4, 0.5) is 11.4 Å². The molecule has 7 nitrogen and oxygen atoms in total. The van der Waals surface area contributed by atoms with Crippen LogP contribution in [0, 0.1) is 0 Å². The summed E-state index contributed by atoms with van der Waals surface area (Å²) in [6.45, 7) is 2.37. The minimum Gasteiger partial charge on any atom is -0.507 e. The van der Waals surface area contributed by atoms with E-state index in [4.69, 9.17) is 32.7 Å². The average molecular weight is 541 g/mol. The third kappa shape index (κ3) is 4.97. The van der Waals surface area contributed by atoms with Crippen molar-refractivity contribution < 1.29 is 24.2 Å². The van der Waals surface area contributed by atoms with Gasteiger partial charge in [-0.3, -0.25) is 14.5 Å². The molecule has 0 bridgehead atoms. The lowest BCUT2D eigenvalue weighted by Crippen LogP contribution is -2.29. The van der Waals surface area contributed by atoms with Gasteiger partial charge in [0.15, 0.2) is 5.75 Å².